The van der Waals surface area contributed by atoms with E-state index in [0.29, 0.717) is 125 Å². The molecule has 0 aliphatic heterocycles. The second-order valence-corrected chi connectivity index (χ2v) is 8.12. The minimum atomic E-state index is -0.404. The SMILES string of the molecule is CCC(C)COCCOCCOCCOCCOCCOCCOCCOCCOCCOCC(=O)OC. The molecule has 1 unspecified atom stereocenters. The van der Waals surface area contributed by atoms with E-state index in [-0.39, 0.29) is 6.61 Å². The van der Waals surface area contributed by atoms with Gasteiger partial charge in [-0.25, -0.2) is 4.79 Å². The largest absolute Gasteiger partial charge is 0.467 e. The maximum absolute atomic E-state index is 10.8. The average Bonchev–Trinajstić information content (AvgIpc) is 2.93. The van der Waals surface area contributed by atoms with Crippen LogP contribution >= 0.6 is 0 Å². The highest BCUT2D eigenvalue weighted by atomic mass is 16.6. The molecule has 12 nitrogen and oxygen atoms in total. The van der Waals surface area contributed by atoms with Crippen LogP contribution < -0.4 is 0 Å². The van der Waals surface area contributed by atoms with Crippen LogP contribution in [-0.2, 0) is 56.9 Å². The third-order valence-electron chi connectivity index (χ3n) is 4.89. The summed E-state index contributed by atoms with van der Waals surface area (Å²) in [6, 6.07) is 0. The lowest BCUT2D eigenvalue weighted by molar-refractivity contribution is -0.146. The minimum absolute atomic E-state index is 0.0660. The summed E-state index contributed by atoms with van der Waals surface area (Å²) in [6.45, 7) is 14.1. The van der Waals surface area contributed by atoms with Gasteiger partial charge in [-0.2, -0.15) is 0 Å². The van der Waals surface area contributed by atoms with Gasteiger partial charge in [0, 0.05) is 6.61 Å². The topological polar surface area (TPSA) is 119 Å². The predicted octanol–water partition coefficient (Wildman–Crippen LogP) is 1.37. The van der Waals surface area contributed by atoms with Crippen molar-refractivity contribution >= 4 is 5.97 Å². The smallest absolute Gasteiger partial charge is 0.331 e. The molecule has 38 heavy (non-hydrogen) atoms. The van der Waals surface area contributed by atoms with E-state index in [9.17, 15) is 4.79 Å². The molecule has 0 aliphatic carbocycles. The zero-order valence-corrected chi connectivity index (χ0v) is 23.8. The van der Waals surface area contributed by atoms with Gasteiger partial charge in [-0.1, -0.05) is 20.3 Å². The molecular formula is C26H52O12. The van der Waals surface area contributed by atoms with Gasteiger partial charge in [-0.15, -0.1) is 0 Å². The highest BCUT2D eigenvalue weighted by molar-refractivity contribution is 5.70. The number of hydrogen-bond acceptors (Lipinski definition) is 12. The Morgan fingerprint density at radius 3 is 1.00 bits per heavy atom. The Balaban J connectivity index is 3.05. The molecule has 0 heterocycles. The monoisotopic (exact) mass is 556 g/mol. The van der Waals surface area contributed by atoms with E-state index < -0.39 is 5.97 Å². The summed E-state index contributed by atoms with van der Waals surface area (Å²) in [5.74, 6) is 0.192. The predicted molar refractivity (Wildman–Crippen MR) is 140 cm³/mol. The van der Waals surface area contributed by atoms with Gasteiger partial charge in [-0.05, 0) is 5.92 Å². The van der Waals surface area contributed by atoms with Gasteiger partial charge in [0.2, 0.25) is 0 Å². The number of hydrogen-bond donors (Lipinski definition) is 0. The lowest BCUT2D eigenvalue weighted by Gasteiger charge is -2.10. The van der Waals surface area contributed by atoms with E-state index in [1.807, 2.05) is 0 Å². The summed E-state index contributed by atoms with van der Waals surface area (Å²) in [4.78, 5) is 10.8. The van der Waals surface area contributed by atoms with E-state index in [4.69, 9.17) is 47.4 Å². The molecule has 0 saturated heterocycles. The Hall–Kier alpha value is -0.930. The van der Waals surface area contributed by atoms with Crippen LogP contribution in [-0.4, -0.2) is 145 Å². The zero-order chi connectivity index (χ0) is 27.8. The van der Waals surface area contributed by atoms with Crippen molar-refractivity contribution < 1.29 is 56.9 Å². The Labute approximate surface area is 228 Å². The van der Waals surface area contributed by atoms with Crippen LogP contribution in [0.1, 0.15) is 20.3 Å². The van der Waals surface area contributed by atoms with E-state index in [1.165, 1.54) is 7.11 Å². The van der Waals surface area contributed by atoms with Gasteiger partial charge >= 0.3 is 5.97 Å². The van der Waals surface area contributed by atoms with E-state index in [1.54, 1.807) is 0 Å². The molecule has 0 radical (unpaired) electrons. The van der Waals surface area contributed by atoms with Crippen molar-refractivity contribution in [3.8, 4) is 0 Å². The number of methoxy groups -OCH3 is 1. The molecule has 0 aromatic carbocycles. The van der Waals surface area contributed by atoms with Gasteiger partial charge in [0.1, 0.15) is 6.61 Å². The van der Waals surface area contributed by atoms with Crippen molar-refractivity contribution in [2.24, 2.45) is 5.92 Å². The molecule has 228 valence electrons. The number of ether oxygens (including phenoxy) is 11. The van der Waals surface area contributed by atoms with Crippen LogP contribution in [0.25, 0.3) is 0 Å². The first-order chi connectivity index (χ1) is 18.7. The normalized spacial score (nSPS) is 12.2. The summed E-state index contributed by atoms with van der Waals surface area (Å²) in [6.07, 6.45) is 1.13. The van der Waals surface area contributed by atoms with Crippen molar-refractivity contribution in [2.45, 2.75) is 20.3 Å². The van der Waals surface area contributed by atoms with Crippen LogP contribution in [0.2, 0.25) is 0 Å². The van der Waals surface area contributed by atoms with Crippen LogP contribution in [0.4, 0.5) is 0 Å². The molecule has 0 rings (SSSR count). The van der Waals surface area contributed by atoms with Crippen LogP contribution in [0.5, 0.6) is 0 Å². The lowest BCUT2D eigenvalue weighted by Crippen LogP contribution is -2.16. The maximum Gasteiger partial charge on any atom is 0.331 e. The highest BCUT2D eigenvalue weighted by Gasteiger charge is 2.00. The quantitative estimate of drug-likeness (QED) is 0.0879. The van der Waals surface area contributed by atoms with E-state index in [0.717, 1.165) is 13.0 Å². The molecule has 0 spiro atoms. The molecule has 12 heteroatoms. The second kappa shape index (κ2) is 32.3. The molecular weight excluding hydrogens is 504 g/mol. The van der Waals surface area contributed by atoms with E-state index >= 15 is 0 Å². The van der Waals surface area contributed by atoms with Gasteiger partial charge < -0.3 is 52.1 Å². The van der Waals surface area contributed by atoms with E-state index in [2.05, 4.69) is 18.6 Å². The summed E-state index contributed by atoms with van der Waals surface area (Å²) in [5, 5.41) is 0. The van der Waals surface area contributed by atoms with Crippen molar-refractivity contribution in [3.63, 3.8) is 0 Å². The molecule has 0 aromatic rings. The number of rotatable bonds is 32. The molecule has 0 bridgehead atoms. The fourth-order valence-corrected chi connectivity index (χ4v) is 2.49. The third-order valence-corrected chi connectivity index (χ3v) is 4.89. The molecule has 0 aromatic heterocycles. The first kappa shape index (κ1) is 37.1. The van der Waals surface area contributed by atoms with Crippen molar-refractivity contribution in [1.82, 2.24) is 0 Å². The molecule has 0 fully saturated rings. The maximum atomic E-state index is 10.8. The number of carbonyl (C=O) groups excluding carboxylic acids is 1. The Bertz CT molecular complexity index is 470. The van der Waals surface area contributed by atoms with Crippen molar-refractivity contribution in [3.05, 3.63) is 0 Å². The lowest BCUT2D eigenvalue weighted by atomic mass is 10.1. The van der Waals surface area contributed by atoms with Gasteiger partial charge in [0.05, 0.1) is 126 Å². The number of carbonyl (C=O) groups is 1. The Morgan fingerprint density at radius 1 is 0.474 bits per heavy atom. The summed E-state index contributed by atoms with van der Waals surface area (Å²) in [5.41, 5.74) is 0. The Kier molecular flexibility index (Phi) is 31.5. The average molecular weight is 557 g/mol. The third kappa shape index (κ3) is 31.3. The van der Waals surface area contributed by atoms with Gasteiger partial charge in [-0.3, -0.25) is 0 Å². The van der Waals surface area contributed by atoms with Crippen LogP contribution in [0.3, 0.4) is 0 Å². The first-order valence-electron chi connectivity index (χ1n) is 13.5. The number of esters is 1. The van der Waals surface area contributed by atoms with Crippen LogP contribution in [0, 0.1) is 5.92 Å². The van der Waals surface area contributed by atoms with Gasteiger partial charge in [0.25, 0.3) is 0 Å². The molecule has 0 aliphatic rings. The van der Waals surface area contributed by atoms with Crippen LogP contribution in [0.15, 0.2) is 0 Å². The minimum Gasteiger partial charge on any atom is -0.467 e. The first-order valence-corrected chi connectivity index (χ1v) is 13.5. The zero-order valence-electron chi connectivity index (χ0n) is 23.8. The fourth-order valence-electron chi connectivity index (χ4n) is 2.49. The highest BCUT2D eigenvalue weighted by Crippen LogP contribution is 2.00. The summed E-state index contributed by atoms with van der Waals surface area (Å²) in [7, 11) is 1.32. The van der Waals surface area contributed by atoms with Crippen molar-refractivity contribution in [1.29, 1.82) is 0 Å². The molecule has 0 saturated carbocycles. The standard InChI is InChI=1S/C26H52O12/c1-4-25(2)23-37-21-19-35-17-15-33-13-11-31-9-7-29-5-6-30-8-10-32-12-14-34-16-18-36-20-22-38-24-26(27)28-3/h25H,4-24H2,1-3H3. The van der Waals surface area contributed by atoms with Crippen molar-refractivity contribution in [2.75, 3.05) is 139 Å². The Morgan fingerprint density at radius 2 is 0.737 bits per heavy atom. The summed E-state index contributed by atoms with van der Waals surface area (Å²) >= 11 is 0. The molecule has 1 atom stereocenters. The van der Waals surface area contributed by atoms with Gasteiger partial charge in [0.15, 0.2) is 0 Å². The molecule has 0 N–H and O–H groups in total. The summed E-state index contributed by atoms with van der Waals surface area (Å²) < 4.78 is 58.4. The second-order valence-electron chi connectivity index (χ2n) is 8.12. The molecule has 0 amide bonds. The fraction of sp³-hybridized carbons (Fsp3) is 0.962.